The molecule has 1 unspecified atom stereocenters. The first-order valence-electron chi connectivity index (χ1n) is 14.4. The van der Waals surface area contributed by atoms with Gasteiger partial charge >= 0.3 is 6.36 Å². The van der Waals surface area contributed by atoms with Crippen LogP contribution in [0.4, 0.5) is 30.5 Å². The summed E-state index contributed by atoms with van der Waals surface area (Å²) in [7, 11) is 0. The number of anilines is 3. The van der Waals surface area contributed by atoms with Crippen LogP contribution in [0, 0.1) is 19.8 Å². The normalized spacial score (nSPS) is 14.4. The third-order valence-electron chi connectivity index (χ3n) is 7.14. The van der Waals surface area contributed by atoms with Crippen molar-refractivity contribution in [3.05, 3.63) is 71.5 Å². The minimum atomic E-state index is -4.75. The molecule has 43 heavy (non-hydrogen) atoms. The Labute approximate surface area is 249 Å². The second-order valence-corrected chi connectivity index (χ2v) is 10.7. The molecule has 1 aliphatic rings. The summed E-state index contributed by atoms with van der Waals surface area (Å²) < 4.78 is 40.9. The molecule has 1 aliphatic carbocycles. The zero-order chi connectivity index (χ0) is 30.8. The van der Waals surface area contributed by atoms with Gasteiger partial charge in [-0.1, -0.05) is 32.1 Å². The van der Waals surface area contributed by atoms with Crippen LogP contribution in [0.3, 0.4) is 0 Å². The summed E-state index contributed by atoms with van der Waals surface area (Å²) in [5.74, 6) is -0.108. The second kappa shape index (κ2) is 14.7. The molecule has 4 N–H and O–H groups in total. The maximum Gasteiger partial charge on any atom is 0.573 e. The molecular formula is C31H37F3N6O3. The van der Waals surface area contributed by atoms with Crippen molar-refractivity contribution in [1.82, 2.24) is 20.6 Å². The molecular weight excluding hydrogens is 561 g/mol. The molecule has 2 amide bonds. The number of hydrogen-bond acceptors (Lipinski definition) is 7. The Morgan fingerprint density at radius 1 is 0.907 bits per heavy atom. The first-order valence-corrected chi connectivity index (χ1v) is 14.4. The quantitative estimate of drug-likeness (QED) is 0.188. The van der Waals surface area contributed by atoms with Gasteiger partial charge in [-0.2, -0.15) is 0 Å². The maximum absolute atomic E-state index is 13.2. The third-order valence-corrected chi connectivity index (χ3v) is 7.14. The number of alkyl halides is 3. The minimum absolute atomic E-state index is 0.261. The average Bonchev–Trinajstić information content (AvgIpc) is 2.95. The van der Waals surface area contributed by atoms with Gasteiger partial charge in [-0.3, -0.25) is 9.59 Å². The number of rotatable bonds is 12. The van der Waals surface area contributed by atoms with Crippen LogP contribution in [0.1, 0.15) is 60.3 Å². The van der Waals surface area contributed by atoms with Crippen LogP contribution in [-0.4, -0.2) is 47.3 Å². The van der Waals surface area contributed by atoms with E-state index in [1.165, 1.54) is 30.7 Å². The van der Waals surface area contributed by atoms with Crippen molar-refractivity contribution in [3.8, 4) is 5.75 Å². The zero-order valence-electron chi connectivity index (χ0n) is 24.3. The molecule has 1 atom stereocenters. The molecule has 0 spiro atoms. The fourth-order valence-corrected chi connectivity index (χ4v) is 5.14. The van der Waals surface area contributed by atoms with Crippen molar-refractivity contribution in [1.29, 1.82) is 0 Å². The van der Waals surface area contributed by atoms with Crippen LogP contribution in [0.25, 0.3) is 0 Å². The van der Waals surface area contributed by atoms with Gasteiger partial charge in [0.25, 0.3) is 5.91 Å². The van der Waals surface area contributed by atoms with Gasteiger partial charge in [0.05, 0.1) is 0 Å². The number of nitrogens with zero attached hydrogens (tertiary/aromatic N) is 2. The largest absolute Gasteiger partial charge is 0.573 e. The molecule has 0 aliphatic heterocycles. The summed E-state index contributed by atoms with van der Waals surface area (Å²) in [6, 6.07) is 13.4. The topological polar surface area (TPSA) is 117 Å². The highest BCUT2D eigenvalue weighted by atomic mass is 19.4. The van der Waals surface area contributed by atoms with Gasteiger partial charge in [-0.15, -0.1) is 13.2 Å². The van der Waals surface area contributed by atoms with E-state index < -0.39 is 12.4 Å². The van der Waals surface area contributed by atoms with Gasteiger partial charge in [-0.05, 0) is 80.8 Å². The average molecular weight is 599 g/mol. The highest BCUT2D eigenvalue weighted by Gasteiger charge is 2.31. The summed E-state index contributed by atoms with van der Waals surface area (Å²) in [4.78, 5) is 35.1. The van der Waals surface area contributed by atoms with Crippen LogP contribution < -0.4 is 26.0 Å². The fraction of sp³-hybridized carbons (Fsp3) is 0.419. The van der Waals surface area contributed by atoms with E-state index in [0.717, 1.165) is 42.8 Å². The van der Waals surface area contributed by atoms with Gasteiger partial charge < -0.3 is 26.0 Å². The lowest BCUT2D eigenvalue weighted by molar-refractivity contribution is -0.274. The molecule has 3 aromatic rings. The maximum atomic E-state index is 13.2. The third kappa shape index (κ3) is 10.5. The van der Waals surface area contributed by atoms with E-state index in [1.54, 1.807) is 24.3 Å². The lowest BCUT2D eigenvalue weighted by atomic mass is 9.84. The molecule has 1 saturated carbocycles. The number of halogens is 3. The number of benzene rings is 2. The molecule has 0 radical (unpaired) electrons. The lowest BCUT2D eigenvalue weighted by Gasteiger charge is -2.26. The predicted octanol–water partition coefficient (Wildman–Crippen LogP) is 6.03. The van der Waals surface area contributed by atoms with E-state index in [1.807, 2.05) is 19.9 Å². The molecule has 0 bridgehead atoms. The number of amides is 2. The molecule has 4 rings (SSSR count). The summed E-state index contributed by atoms with van der Waals surface area (Å²) >= 11 is 0. The smallest absolute Gasteiger partial charge is 0.406 e. The van der Waals surface area contributed by atoms with Gasteiger partial charge in [0.15, 0.2) is 0 Å². The molecule has 2 aromatic carbocycles. The minimum Gasteiger partial charge on any atom is -0.406 e. The second-order valence-electron chi connectivity index (χ2n) is 10.7. The molecule has 0 saturated heterocycles. The Morgan fingerprint density at radius 2 is 1.53 bits per heavy atom. The zero-order valence-corrected chi connectivity index (χ0v) is 24.3. The highest BCUT2D eigenvalue weighted by molar-refractivity contribution is 5.97. The Bertz CT molecular complexity index is 1340. The molecule has 9 nitrogen and oxygen atoms in total. The van der Waals surface area contributed by atoms with E-state index in [4.69, 9.17) is 0 Å². The van der Waals surface area contributed by atoms with E-state index in [2.05, 4.69) is 36.0 Å². The number of nitrogens with one attached hydrogen (secondary N) is 4. The first-order chi connectivity index (χ1) is 20.5. The molecule has 1 aromatic heterocycles. The summed E-state index contributed by atoms with van der Waals surface area (Å²) in [5, 5.41) is 12.0. The van der Waals surface area contributed by atoms with Gasteiger partial charge in [0, 0.05) is 41.4 Å². The fourth-order valence-electron chi connectivity index (χ4n) is 5.14. The monoisotopic (exact) mass is 598 g/mol. The lowest BCUT2D eigenvalue weighted by Crippen LogP contribution is -2.48. The Hall–Kier alpha value is -4.35. The van der Waals surface area contributed by atoms with Gasteiger partial charge in [-0.25, -0.2) is 9.97 Å². The predicted molar refractivity (Wildman–Crippen MR) is 158 cm³/mol. The number of carbonyl (C=O) groups excluding carboxylic acids is 2. The van der Waals surface area contributed by atoms with Crippen molar-refractivity contribution < 1.29 is 27.5 Å². The number of aromatic nitrogens is 2. The molecule has 230 valence electrons. The molecule has 1 heterocycles. The van der Waals surface area contributed by atoms with Gasteiger partial charge in [0.2, 0.25) is 11.9 Å². The van der Waals surface area contributed by atoms with Crippen molar-refractivity contribution in [2.45, 2.75) is 64.8 Å². The Morgan fingerprint density at radius 3 is 2.16 bits per heavy atom. The van der Waals surface area contributed by atoms with Crippen LogP contribution in [-0.2, 0) is 4.79 Å². The van der Waals surface area contributed by atoms with Crippen molar-refractivity contribution >= 4 is 29.1 Å². The van der Waals surface area contributed by atoms with Crippen molar-refractivity contribution in [2.75, 3.05) is 23.7 Å². The van der Waals surface area contributed by atoms with Crippen LogP contribution >= 0.6 is 0 Å². The Kier molecular flexibility index (Phi) is 10.8. The number of carbonyl (C=O) groups is 2. The van der Waals surface area contributed by atoms with E-state index in [-0.39, 0.29) is 24.1 Å². The van der Waals surface area contributed by atoms with E-state index >= 15 is 0 Å². The van der Waals surface area contributed by atoms with E-state index in [9.17, 15) is 22.8 Å². The van der Waals surface area contributed by atoms with Crippen molar-refractivity contribution in [3.63, 3.8) is 0 Å². The van der Waals surface area contributed by atoms with E-state index in [0.29, 0.717) is 36.1 Å². The molecule has 1 fully saturated rings. The standard InChI is InChI=1S/C31H37F3N6O3/c1-20-18-21(2)38-30(37-20)39-25-10-8-23(9-11-25)28(41)40-27(19-22-6-4-3-5-7-22)29(42)36-17-16-35-24-12-14-26(15-13-24)43-31(32,33)34/h8-15,18,22,27,35H,3-7,16-17,19H2,1-2H3,(H,36,42)(H,40,41)(H,37,38,39). The van der Waals surface area contributed by atoms with Crippen LogP contribution in [0.2, 0.25) is 0 Å². The summed E-state index contributed by atoms with van der Waals surface area (Å²) in [6.07, 6.45) is 1.26. The SMILES string of the molecule is Cc1cc(C)nc(Nc2ccc(C(=O)NC(CC3CCCCC3)C(=O)NCCNc3ccc(OC(F)(F)F)cc3)cc2)n1. The van der Waals surface area contributed by atoms with Crippen molar-refractivity contribution in [2.24, 2.45) is 5.92 Å². The first kappa shape index (κ1) is 31.6. The number of ether oxygens (including phenoxy) is 1. The summed E-state index contributed by atoms with van der Waals surface area (Å²) in [5.41, 5.74) is 3.43. The highest BCUT2D eigenvalue weighted by Crippen LogP contribution is 2.28. The number of aryl methyl sites for hydroxylation is 2. The van der Waals surface area contributed by atoms with Crippen LogP contribution in [0.15, 0.2) is 54.6 Å². The van der Waals surface area contributed by atoms with Crippen LogP contribution in [0.5, 0.6) is 5.75 Å². The number of hydrogen-bond donors (Lipinski definition) is 4. The Balaban J connectivity index is 1.31. The summed E-state index contributed by atoms with van der Waals surface area (Å²) in [6.45, 7) is 4.39. The van der Waals surface area contributed by atoms with Gasteiger partial charge in [0.1, 0.15) is 11.8 Å². The molecule has 12 heteroatoms.